The fourth-order valence-electron chi connectivity index (χ4n) is 1.73. The Morgan fingerprint density at radius 3 is 2.55 bits per heavy atom. The maximum atomic E-state index is 5.75. The molecule has 0 aliphatic heterocycles. The van der Waals surface area contributed by atoms with Crippen LogP contribution in [0.3, 0.4) is 0 Å². The van der Waals surface area contributed by atoms with Gasteiger partial charge in [-0.25, -0.2) is 0 Å². The van der Waals surface area contributed by atoms with E-state index in [-0.39, 0.29) is 0 Å². The van der Waals surface area contributed by atoms with E-state index >= 15 is 0 Å². The van der Waals surface area contributed by atoms with Crippen LogP contribution < -0.4 is 10.1 Å². The second kappa shape index (κ2) is 7.41. The van der Waals surface area contributed by atoms with Gasteiger partial charge in [0.1, 0.15) is 12.4 Å². The first kappa shape index (κ1) is 15.0. The summed E-state index contributed by atoms with van der Waals surface area (Å²) in [6, 6.07) is 10.7. The summed E-state index contributed by atoms with van der Waals surface area (Å²) in [7, 11) is 0. The summed E-state index contributed by atoms with van der Waals surface area (Å²) in [4.78, 5) is 4.12. The topological polar surface area (TPSA) is 34.1 Å². The highest BCUT2D eigenvalue weighted by molar-refractivity contribution is 9.10. The van der Waals surface area contributed by atoms with Crippen LogP contribution in [0.1, 0.15) is 25.0 Å². The zero-order valence-corrected chi connectivity index (χ0v) is 13.4. The Bertz CT molecular complexity index is 540. The van der Waals surface area contributed by atoms with Crippen molar-refractivity contribution in [1.29, 1.82) is 0 Å². The molecule has 3 nitrogen and oxygen atoms in total. The third-order valence-electron chi connectivity index (χ3n) is 2.80. The van der Waals surface area contributed by atoms with E-state index in [1.165, 1.54) is 5.56 Å². The smallest absolute Gasteiger partial charge is 0.119 e. The molecule has 1 heterocycles. The highest BCUT2D eigenvalue weighted by Crippen LogP contribution is 2.15. The predicted octanol–water partition coefficient (Wildman–Crippen LogP) is 3.92. The molecule has 0 aliphatic carbocycles. The van der Waals surface area contributed by atoms with Crippen molar-refractivity contribution in [2.75, 3.05) is 0 Å². The molecule has 0 radical (unpaired) electrons. The Kier molecular flexibility index (Phi) is 5.56. The summed E-state index contributed by atoms with van der Waals surface area (Å²) in [5.41, 5.74) is 2.31. The average molecular weight is 335 g/mol. The van der Waals surface area contributed by atoms with Crippen LogP contribution in [0, 0.1) is 0 Å². The van der Waals surface area contributed by atoms with Gasteiger partial charge in [0.2, 0.25) is 0 Å². The van der Waals surface area contributed by atoms with Crippen molar-refractivity contribution in [1.82, 2.24) is 10.3 Å². The summed E-state index contributed by atoms with van der Waals surface area (Å²) in [6.45, 7) is 5.69. The maximum absolute atomic E-state index is 5.75. The molecule has 4 heteroatoms. The van der Waals surface area contributed by atoms with Crippen molar-refractivity contribution in [2.45, 2.75) is 33.0 Å². The molecule has 0 unspecified atom stereocenters. The van der Waals surface area contributed by atoms with E-state index in [9.17, 15) is 0 Å². The van der Waals surface area contributed by atoms with E-state index in [4.69, 9.17) is 4.74 Å². The van der Waals surface area contributed by atoms with E-state index < -0.39 is 0 Å². The Labute approximate surface area is 128 Å². The second-order valence-electron chi connectivity index (χ2n) is 4.98. The Balaban J connectivity index is 1.87. The molecular formula is C16H19BrN2O. The van der Waals surface area contributed by atoms with Crippen molar-refractivity contribution in [2.24, 2.45) is 0 Å². The molecule has 106 valence electrons. The third kappa shape index (κ3) is 4.94. The lowest BCUT2D eigenvalue weighted by atomic mass is 10.2. The van der Waals surface area contributed by atoms with Crippen LogP contribution in [-0.2, 0) is 13.2 Å². The van der Waals surface area contributed by atoms with Crippen LogP contribution >= 0.6 is 15.9 Å². The Hall–Kier alpha value is -1.39. The quantitative estimate of drug-likeness (QED) is 0.869. The maximum Gasteiger partial charge on any atom is 0.119 e. The van der Waals surface area contributed by atoms with Crippen molar-refractivity contribution < 1.29 is 4.74 Å². The molecule has 1 aromatic carbocycles. The first-order chi connectivity index (χ1) is 9.63. The number of halogens is 1. The molecule has 0 spiro atoms. The minimum atomic E-state index is 0.495. The first-order valence-corrected chi connectivity index (χ1v) is 7.47. The lowest BCUT2D eigenvalue weighted by Crippen LogP contribution is -2.21. The monoisotopic (exact) mass is 334 g/mol. The molecule has 2 aromatic rings. The molecule has 0 bridgehead atoms. The van der Waals surface area contributed by atoms with E-state index in [1.54, 1.807) is 6.20 Å². The summed E-state index contributed by atoms with van der Waals surface area (Å²) >= 11 is 3.40. The second-order valence-corrected chi connectivity index (χ2v) is 5.90. The Morgan fingerprint density at radius 2 is 1.90 bits per heavy atom. The van der Waals surface area contributed by atoms with Crippen molar-refractivity contribution >= 4 is 15.9 Å². The van der Waals surface area contributed by atoms with Gasteiger partial charge in [-0.3, -0.25) is 4.98 Å². The molecule has 0 fully saturated rings. The average Bonchev–Trinajstić information content (AvgIpc) is 2.44. The van der Waals surface area contributed by atoms with Crippen LogP contribution in [0.5, 0.6) is 5.75 Å². The number of pyridine rings is 1. The number of nitrogens with one attached hydrogen (secondary N) is 1. The zero-order valence-electron chi connectivity index (χ0n) is 11.8. The van der Waals surface area contributed by atoms with Gasteiger partial charge in [0.25, 0.3) is 0 Å². The van der Waals surface area contributed by atoms with Gasteiger partial charge in [0.15, 0.2) is 0 Å². The molecular weight excluding hydrogens is 316 g/mol. The van der Waals surface area contributed by atoms with E-state index in [2.05, 4.69) is 52.2 Å². The third-order valence-corrected chi connectivity index (χ3v) is 3.24. The Morgan fingerprint density at radius 1 is 1.15 bits per heavy atom. The first-order valence-electron chi connectivity index (χ1n) is 6.68. The summed E-state index contributed by atoms with van der Waals surface area (Å²) < 4.78 is 6.71. The number of aromatic nitrogens is 1. The van der Waals surface area contributed by atoms with Crippen LogP contribution in [0.15, 0.2) is 47.2 Å². The molecule has 1 N–H and O–H groups in total. The van der Waals surface area contributed by atoms with Gasteiger partial charge in [-0.05, 0) is 39.7 Å². The number of ether oxygens (including phenoxy) is 1. The zero-order chi connectivity index (χ0) is 14.4. The summed E-state index contributed by atoms with van der Waals surface area (Å²) in [6.07, 6.45) is 3.58. The molecule has 1 aromatic heterocycles. The number of rotatable bonds is 6. The number of hydrogen-bond donors (Lipinski definition) is 1. The van der Waals surface area contributed by atoms with Gasteiger partial charge in [0, 0.05) is 35.0 Å². The fourth-order valence-corrected chi connectivity index (χ4v) is 2.14. The van der Waals surface area contributed by atoms with Crippen LogP contribution in [0.4, 0.5) is 0 Å². The van der Waals surface area contributed by atoms with E-state index in [0.29, 0.717) is 12.6 Å². The van der Waals surface area contributed by atoms with Gasteiger partial charge < -0.3 is 10.1 Å². The van der Waals surface area contributed by atoms with Gasteiger partial charge >= 0.3 is 0 Å². The molecule has 0 saturated heterocycles. The van der Waals surface area contributed by atoms with Gasteiger partial charge in [0.05, 0.1) is 0 Å². The molecule has 0 amide bonds. The number of hydrogen-bond acceptors (Lipinski definition) is 3. The van der Waals surface area contributed by atoms with Gasteiger partial charge in [-0.1, -0.05) is 26.0 Å². The number of nitrogens with zero attached hydrogens (tertiary/aromatic N) is 1. The van der Waals surface area contributed by atoms with E-state index in [1.807, 2.05) is 24.4 Å². The van der Waals surface area contributed by atoms with Gasteiger partial charge in [-0.15, -0.1) is 0 Å². The predicted molar refractivity (Wildman–Crippen MR) is 84.7 cm³/mol. The highest BCUT2D eigenvalue weighted by atomic mass is 79.9. The van der Waals surface area contributed by atoms with Crippen LogP contribution in [0.2, 0.25) is 0 Å². The highest BCUT2D eigenvalue weighted by Gasteiger charge is 1.99. The minimum Gasteiger partial charge on any atom is -0.489 e. The molecule has 2 rings (SSSR count). The van der Waals surface area contributed by atoms with Crippen LogP contribution in [0.25, 0.3) is 0 Å². The standard InChI is InChI=1S/C16H19BrN2O/c1-12(2)19-9-13-3-5-16(6-4-13)20-11-14-7-15(17)10-18-8-14/h3-8,10,12,19H,9,11H2,1-2H3. The normalized spacial score (nSPS) is 10.8. The largest absolute Gasteiger partial charge is 0.489 e. The lowest BCUT2D eigenvalue weighted by Gasteiger charge is -2.10. The van der Waals surface area contributed by atoms with Crippen molar-refractivity contribution in [3.05, 3.63) is 58.3 Å². The van der Waals surface area contributed by atoms with Crippen molar-refractivity contribution in [3.63, 3.8) is 0 Å². The number of benzene rings is 1. The minimum absolute atomic E-state index is 0.495. The molecule has 0 aliphatic rings. The summed E-state index contributed by atoms with van der Waals surface area (Å²) in [5, 5.41) is 3.39. The van der Waals surface area contributed by atoms with Crippen molar-refractivity contribution in [3.8, 4) is 5.75 Å². The van der Waals surface area contributed by atoms with Crippen LogP contribution in [-0.4, -0.2) is 11.0 Å². The SMILES string of the molecule is CC(C)NCc1ccc(OCc2cncc(Br)c2)cc1. The molecule has 0 saturated carbocycles. The molecule has 0 atom stereocenters. The lowest BCUT2D eigenvalue weighted by molar-refractivity contribution is 0.305. The van der Waals surface area contributed by atoms with E-state index in [0.717, 1.165) is 22.3 Å². The van der Waals surface area contributed by atoms with Gasteiger partial charge in [-0.2, -0.15) is 0 Å². The molecule has 20 heavy (non-hydrogen) atoms. The fraction of sp³-hybridized carbons (Fsp3) is 0.312. The summed E-state index contributed by atoms with van der Waals surface area (Å²) in [5.74, 6) is 0.873.